The van der Waals surface area contributed by atoms with E-state index < -0.39 is 31.7 Å². The lowest BCUT2D eigenvalue weighted by molar-refractivity contribution is -0.384. The molecule has 0 bridgehead atoms. The molecule has 0 aliphatic carbocycles. The number of anilines is 1. The number of hydrogen-bond acceptors (Lipinski definition) is 5. The highest BCUT2D eigenvalue weighted by molar-refractivity contribution is 7.92. The predicted octanol–water partition coefficient (Wildman–Crippen LogP) is 2.84. The number of nitrogens with one attached hydrogen (secondary N) is 1. The number of halogens is 1. The van der Waals surface area contributed by atoms with Gasteiger partial charge in [0.15, 0.2) is 9.84 Å². The van der Waals surface area contributed by atoms with Crippen LogP contribution in [0.5, 0.6) is 0 Å². The van der Waals surface area contributed by atoms with Crippen LogP contribution in [-0.2, 0) is 14.6 Å². The number of hydrogen-bond donors (Lipinski definition) is 1. The van der Waals surface area contributed by atoms with Crippen molar-refractivity contribution in [1.29, 1.82) is 0 Å². The minimum Gasteiger partial charge on any atom is -0.325 e. The van der Waals surface area contributed by atoms with Crippen LogP contribution in [0.1, 0.15) is 12.5 Å². The molecule has 0 fully saturated rings. The summed E-state index contributed by atoms with van der Waals surface area (Å²) < 4.78 is 38.1. The Morgan fingerprint density at radius 1 is 1.20 bits per heavy atom. The van der Waals surface area contributed by atoms with Crippen molar-refractivity contribution in [2.75, 3.05) is 5.32 Å². The lowest BCUT2D eigenvalue weighted by atomic mass is 10.2. The second-order valence-corrected chi connectivity index (χ2v) is 7.66. The van der Waals surface area contributed by atoms with Crippen LogP contribution in [0.2, 0.25) is 0 Å². The zero-order valence-electron chi connectivity index (χ0n) is 13.4. The maximum atomic E-state index is 13.1. The van der Waals surface area contributed by atoms with Crippen molar-refractivity contribution in [1.82, 2.24) is 0 Å². The molecule has 0 radical (unpaired) electrons. The smallest absolute Gasteiger partial charge is 0.269 e. The Morgan fingerprint density at radius 2 is 1.80 bits per heavy atom. The Kier molecular flexibility index (Phi) is 5.17. The van der Waals surface area contributed by atoms with E-state index in [1.807, 2.05) is 0 Å². The first kappa shape index (κ1) is 18.5. The minimum absolute atomic E-state index is 0.198. The minimum atomic E-state index is -4.03. The Balaban J connectivity index is 2.23. The zero-order chi connectivity index (χ0) is 18.8. The summed E-state index contributed by atoms with van der Waals surface area (Å²) in [6.07, 6.45) is 0. The molecule has 0 aromatic heterocycles. The largest absolute Gasteiger partial charge is 0.325 e. The number of sulfone groups is 1. The third-order valence-electron chi connectivity index (χ3n) is 3.66. The van der Waals surface area contributed by atoms with Crippen molar-refractivity contribution < 1.29 is 22.5 Å². The van der Waals surface area contributed by atoms with Crippen LogP contribution in [-0.4, -0.2) is 24.5 Å². The lowest BCUT2D eigenvalue weighted by Gasteiger charge is -2.14. The molecule has 9 heteroatoms. The molecule has 2 rings (SSSR count). The van der Waals surface area contributed by atoms with Gasteiger partial charge in [0.2, 0.25) is 5.91 Å². The molecule has 1 amide bonds. The molecule has 2 aromatic carbocycles. The number of nitro groups is 1. The summed E-state index contributed by atoms with van der Waals surface area (Å²) in [5.74, 6) is -1.25. The molecule has 2 aromatic rings. The maximum Gasteiger partial charge on any atom is 0.269 e. The summed E-state index contributed by atoms with van der Waals surface area (Å²) in [5.41, 5.74) is 0.503. The molecular formula is C16H15FN2O5S. The first-order chi connectivity index (χ1) is 11.6. The van der Waals surface area contributed by atoms with Crippen LogP contribution in [0.3, 0.4) is 0 Å². The van der Waals surface area contributed by atoms with E-state index in [-0.39, 0.29) is 10.6 Å². The third-order valence-corrected chi connectivity index (χ3v) is 5.73. The number of benzene rings is 2. The predicted molar refractivity (Wildman–Crippen MR) is 89.5 cm³/mol. The molecule has 0 saturated carbocycles. The van der Waals surface area contributed by atoms with Gasteiger partial charge in [0.1, 0.15) is 11.1 Å². The SMILES string of the molecule is Cc1cc(F)ccc1NC(=O)[C@@H](C)S(=O)(=O)c1ccc([N+](=O)[O-])cc1. The molecule has 0 heterocycles. The number of aryl methyl sites for hydroxylation is 1. The highest BCUT2D eigenvalue weighted by Crippen LogP contribution is 2.22. The molecule has 7 nitrogen and oxygen atoms in total. The third kappa shape index (κ3) is 4.00. The number of rotatable bonds is 5. The van der Waals surface area contributed by atoms with E-state index in [4.69, 9.17) is 0 Å². The average molecular weight is 366 g/mol. The summed E-state index contributed by atoms with van der Waals surface area (Å²) in [7, 11) is -4.03. The van der Waals surface area contributed by atoms with Gasteiger partial charge in [-0.15, -0.1) is 0 Å². The number of nitrogens with zero attached hydrogens (tertiary/aromatic N) is 1. The highest BCUT2D eigenvalue weighted by Gasteiger charge is 2.30. The van der Waals surface area contributed by atoms with E-state index in [0.29, 0.717) is 11.3 Å². The number of carbonyl (C=O) groups is 1. The molecule has 0 saturated heterocycles. The van der Waals surface area contributed by atoms with Crippen molar-refractivity contribution in [3.8, 4) is 0 Å². The van der Waals surface area contributed by atoms with Crippen molar-refractivity contribution in [3.63, 3.8) is 0 Å². The molecule has 25 heavy (non-hydrogen) atoms. The second-order valence-electron chi connectivity index (χ2n) is 5.39. The van der Waals surface area contributed by atoms with Gasteiger partial charge in [0, 0.05) is 17.8 Å². The molecular weight excluding hydrogens is 351 g/mol. The van der Waals surface area contributed by atoms with Crippen molar-refractivity contribution >= 4 is 27.1 Å². The average Bonchev–Trinajstić information content (AvgIpc) is 2.56. The second kappa shape index (κ2) is 6.98. The Morgan fingerprint density at radius 3 is 2.32 bits per heavy atom. The van der Waals surface area contributed by atoms with Crippen molar-refractivity contribution in [2.24, 2.45) is 0 Å². The molecule has 0 aliphatic heterocycles. The van der Waals surface area contributed by atoms with Gasteiger partial charge in [0.25, 0.3) is 5.69 Å². The van der Waals surface area contributed by atoms with E-state index in [2.05, 4.69) is 5.32 Å². The van der Waals surface area contributed by atoms with E-state index in [1.54, 1.807) is 6.92 Å². The van der Waals surface area contributed by atoms with E-state index in [1.165, 1.54) is 19.1 Å². The fourth-order valence-electron chi connectivity index (χ4n) is 2.10. The van der Waals surface area contributed by atoms with E-state index in [0.717, 1.165) is 30.3 Å². The standard InChI is InChI=1S/C16H15FN2O5S/c1-10-9-12(17)3-8-15(10)18-16(20)11(2)25(23,24)14-6-4-13(5-7-14)19(21)22/h3-9,11H,1-2H3,(H,18,20)/t11-/m1/s1. The Labute approximate surface area is 143 Å². The Hall–Kier alpha value is -2.81. The van der Waals surface area contributed by atoms with Gasteiger partial charge in [0.05, 0.1) is 9.82 Å². The fraction of sp³-hybridized carbons (Fsp3) is 0.188. The molecule has 132 valence electrons. The van der Waals surface area contributed by atoms with Gasteiger partial charge in [-0.2, -0.15) is 0 Å². The first-order valence-electron chi connectivity index (χ1n) is 7.18. The number of amides is 1. The van der Waals surface area contributed by atoms with Crippen LogP contribution in [0.15, 0.2) is 47.4 Å². The monoisotopic (exact) mass is 366 g/mol. The van der Waals surface area contributed by atoms with Crippen LogP contribution in [0.25, 0.3) is 0 Å². The van der Waals surface area contributed by atoms with Gasteiger partial charge in [-0.3, -0.25) is 14.9 Å². The number of nitro benzene ring substituents is 1. The molecule has 0 aliphatic rings. The van der Waals surface area contributed by atoms with Crippen LogP contribution < -0.4 is 5.32 Å². The van der Waals surface area contributed by atoms with Gasteiger partial charge in [-0.25, -0.2) is 12.8 Å². The van der Waals surface area contributed by atoms with Gasteiger partial charge in [-0.1, -0.05) is 0 Å². The first-order valence-corrected chi connectivity index (χ1v) is 8.73. The summed E-state index contributed by atoms with van der Waals surface area (Å²) in [6.45, 7) is 2.79. The zero-order valence-corrected chi connectivity index (χ0v) is 14.2. The molecule has 1 atom stereocenters. The van der Waals surface area contributed by atoms with E-state index >= 15 is 0 Å². The van der Waals surface area contributed by atoms with E-state index in [9.17, 15) is 27.7 Å². The summed E-state index contributed by atoms with van der Waals surface area (Å²) >= 11 is 0. The number of carbonyl (C=O) groups excluding carboxylic acids is 1. The fourth-order valence-corrected chi connectivity index (χ4v) is 3.37. The van der Waals surface area contributed by atoms with Crippen molar-refractivity contribution in [2.45, 2.75) is 24.0 Å². The summed E-state index contributed by atoms with van der Waals surface area (Å²) in [5, 5.41) is 11.6. The summed E-state index contributed by atoms with van der Waals surface area (Å²) in [6, 6.07) is 7.99. The molecule has 0 spiro atoms. The van der Waals surface area contributed by atoms with Gasteiger partial charge in [-0.05, 0) is 49.7 Å². The van der Waals surface area contributed by atoms with Crippen LogP contribution in [0.4, 0.5) is 15.8 Å². The normalized spacial score (nSPS) is 12.4. The van der Waals surface area contributed by atoms with Gasteiger partial charge < -0.3 is 5.32 Å². The molecule has 0 unspecified atom stereocenters. The summed E-state index contributed by atoms with van der Waals surface area (Å²) in [4.78, 5) is 22.0. The Bertz CT molecular complexity index is 926. The van der Waals surface area contributed by atoms with Gasteiger partial charge >= 0.3 is 0 Å². The van der Waals surface area contributed by atoms with Crippen LogP contribution in [0, 0.1) is 22.9 Å². The number of non-ortho nitro benzene ring substituents is 1. The quantitative estimate of drug-likeness (QED) is 0.647. The lowest BCUT2D eigenvalue weighted by Crippen LogP contribution is -2.32. The van der Waals surface area contributed by atoms with Crippen LogP contribution >= 0.6 is 0 Å². The highest BCUT2D eigenvalue weighted by atomic mass is 32.2. The molecule has 1 N–H and O–H groups in total. The van der Waals surface area contributed by atoms with Crippen molar-refractivity contribution in [3.05, 3.63) is 64.0 Å². The maximum absolute atomic E-state index is 13.1. The topological polar surface area (TPSA) is 106 Å².